The Balaban J connectivity index is 1.56. The summed E-state index contributed by atoms with van der Waals surface area (Å²) in [6, 6.07) is 13.3. The predicted octanol–water partition coefficient (Wildman–Crippen LogP) is 3.46. The smallest absolute Gasteiger partial charge is 0.344 e. The lowest BCUT2D eigenvalue weighted by Gasteiger charge is -2.39. The molecule has 1 amide bonds. The SMILES string of the molecule is Cc1cccc(OCC(=O)OCCN2C(=O)C(C)(C)Nc3ccccc32)c1C. The zero-order valence-electron chi connectivity index (χ0n) is 16.7. The minimum absolute atomic E-state index is 0.0612. The molecule has 0 spiro atoms. The summed E-state index contributed by atoms with van der Waals surface area (Å²) < 4.78 is 10.9. The van der Waals surface area contributed by atoms with E-state index in [1.165, 1.54) is 0 Å². The summed E-state index contributed by atoms with van der Waals surface area (Å²) in [5.74, 6) is 0.148. The number of hydrogen-bond donors (Lipinski definition) is 1. The van der Waals surface area contributed by atoms with Crippen LogP contribution >= 0.6 is 0 Å². The number of carbonyl (C=O) groups excluding carboxylic acids is 2. The molecule has 28 heavy (non-hydrogen) atoms. The average Bonchev–Trinajstić information content (AvgIpc) is 2.65. The number of carbonyl (C=O) groups is 2. The van der Waals surface area contributed by atoms with E-state index in [2.05, 4.69) is 5.32 Å². The lowest BCUT2D eigenvalue weighted by molar-refractivity contribution is -0.146. The van der Waals surface area contributed by atoms with Crippen molar-refractivity contribution in [2.24, 2.45) is 0 Å². The van der Waals surface area contributed by atoms with Crippen molar-refractivity contribution in [2.45, 2.75) is 33.2 Å². The Morgan fingerprint density at radius 2 is 1.86 bits per heavy atom. The first-order chi connectivity index (χ1) is 13.3. The van der Waals surface area contributed by atoms with E-state index in [1.807, 2.05) is 70.2 Å². The molecule has 0 unspecified atom stereocenters. The number of ether oxygens (including phenoxy) is 2. The third-order valence-corrected chi connectivity index (χ3v) is 4.90. The first-order valence-electron chi connectivity index (χ1n) is 9.33. The Morgan fingerprint density at radius 1 is 1.11 bits per heavy atom. The minimum Gasteiger partial charge on any atom is -0.482 e. The molecule has 0 saturated carbocycles. The highest BCUT2D eigenvalue weighted by Gasteiger charge is 2.38. The van der Waals surface area contributed by atoms with E-state index in [0.29, 0.717) is 5.75 Å². The molecular formula is C22H26N2O4. The summed E-state index contributed by atoms with van der Waals surface area (Å²) in [5, 5.41) is 3.24. The Bertz CT molecular complexity index is 892. The van der Waals surface area contributed by atoms with E-state index in [9.17, 15) is 9.59 Å². The second-order valence-electron chi connectivity index (χ2n) is 7.43. The fraction of sp³-hybridized carbons (Fsp3) is 0.364. The van der Waals surface area contributed by atoms with Gasteiger partial charge < -0.3 is 19.7 Å². The van der Waals surface area contributed by atoms with Gasteiger partial charge >= 0.3 is 5.97 Å². The highest BCUT2D eigenvalue weighted by atomic mass is 16.6. The van der Waals surface area contributed by atoms with Gasteiger partial charge in [-0.2, -0.15) is 0 Å². The average molecular weight is 382 g/mol. The van der Waals surface area contributed by atoms with Crippen LogP contribution in [0.1, 0.15) is 25.0 Å². The van der Waals surface area contributed by atoms with E-state index in [0.717, 1.165) is 22.5 Å². The van der Waals surface area contributed by atoms with Gasteiger partial charge in [0.05, 0.1) is 17.9 Å². The molecule has 0 fully saturated rings. The van der Waals surface area contributed by atoms with Crippen molar-refractivity contribution in [3.63, 3.8) is 0 Å². The van der Waals surface area contributed by atoms with Gasteiger partial charge in [0, 0.05) is 0 Å². The van der Waals surface area contributed by atoms with Crippen molar-refractivity contribution in [3.8, 4) is 5.75 Å². The van der Waals surface area contributed by atoms with Crippen molar-refractivity contribution in [1.29, 1.82) is 0 Å². The molecule has 2 aromatic rings. The van der Waals surface area contributed by atoms with Crippen LogP contribution < -0.4 is 15.0 Å². The number of rotatable bonds is 6. The monoisotopic (exact) mass is 382 g/mol. The topological polar surface area (TPSA) is 67.9 Å². The first-order valence-corrected chi connectivity index (χ1v) is 9.33. The van der Waals surface area contributed by atoms with E-state index in [-0.39, 0.29) is 25.7 Å². The quantitative estimate of drug-likeness (QED) is 0.775. The van der Waals surface area contributed by atoms with Gasteiger partial charge in [0.2, 0.25) is 0 Å². The van der Waals surface area contributed by atoms with E-state index < -0.39 is 11.5 Å². The van der Waals surface area contributed by atoms with Crippen molar-refractivity contribution in [3.05, 3.63) is 53.6 Å². The molecule has 0 aromatic heterocycles. The van der Waals surface area contributed by atoms with Crippen LogP contribution in [0.25, 0.3) is 0 Å². The molecular weight excluding hydrogens is 356 g/mol. The van der Waals surface area contributed by atoms with Gasteiger partial charge in [-0.1, -0.05) is 24.3 Å². The van der Waals surface area contributed by atoms with Crippen LogP contribution in [0, 0.1) is 13.8 Å². The fourth-order valence-electron chi connectivity index (χ4n) is 3.18. The third-order valence-electron chi connectivity index (χ3n) is 4.90. The van der Waals surface area contributed by atoms with Gasteiger partial charge in [-0.15, -0.1) is 0 Å². The Morgan fingerprint density at radius 3 is 2.64 bits per heavy atom. The van der Waals surface area contributed by atoms with Crippen LogP contribution in [0.3, 0.4) is 0 Å². The van der Waals surface area contributed by atoms with Gasteiger partial charge in [0.1, 0.15) is 17.9 Å². The van der Waals surface area contributed by atoms with Gasteiger partial charge in [0.15, 0.2) is 6.61 Å². The normalized spacial score (nSPS) is 14.9. The van der Waals surface area contributed by atoms with E-state index >= 15 is 0 Å². The summed E-state index contributed by atoms with van der Waals surface area (Å²) in [6.45, 7) is 7.84. The van der Waals surface area contributed by atoms with E-state index in [4.69, 9.17) is 9.47 Å². The molecule has 6 heteroatoms. The second kappa shape index (κ2) is 7.92. The molecule has 2 aromatic carbocycles. The Kier molecular flexibility index (Phi) is 5.58. The summed E-state index contributed by atoms with van der Waals surface area (Å²) in [4.78, 5) is 26.5. The van der Waals surface area contributed by atoms with E-state index in [1.54, 1.807) is 4.90 Å². The van der Waals surface area contributed by atoms with Crippen molar-refractivity contribution in [2.75, 3.05) is 30.0 Å². The summed E-state index contributed by atoms with van der Waals surface area (Å²) in [7, 11) is 0. The number of aryl methyl sites for hydroxylation is 1. The fourth-order valence-corrected chi connectivity index (χ4v) is 3.18. The number of nitrogens with zero attached hydrogens (tertiary/aromatic N) is 1. The summed E-state index contributed by atoms with van der Waals surface area (Å²) in [5.41, 5.74) is 3.06. The standard InChI is InChI=1S/C22H26N2O4/c1-15-8-7-11-19(16(15)2)28-14-20(25)27-13-12-24-18-10-6-5-9-17(18)23-22(3,4)21(24)26/h5-11,23H,12-14H2,1-4H3. The molecule has 3 rings (SSSR count). The number of para-hydroxylation sites is 2. The lowest BCUT2D eigenvalue weighted by atomic mass is 9.98. The first kappa shape index (κ1) is 19.7. The lowest BCUT2D eigenvalue weighted by Crippen LogP contribution is -2.54. The Hall–Kier alpha value is -3.02. The molecule has 148 valence electrons. The molecule has 0 aliphatic carbocycles. The molecule has 0 saturated heterocycles. The molecule has 6 nitrogen and oxygen atoms in total. The van der Waals surface area contributed by atoms with Crippen LogP contribution in [0.5, 0.6) is 5.75 Å². The van der Waals surface area contributed by atoms with Crippen molar-refractivity contribution in [1.82, 2.24) is 0 Å². The summed E-state index contributed by atoms with van der Waals surface area (Å²) in [6.07, 6.45) is 0. The zero-order chi connectivity index (χ0) is 20.3. The number of anilines is 2. The molecule has 1 aliphatic rings. The maximum Gasteiger partial charge on any atom is 0.344 e. The molecule has 0 bridgehead atoms. The Labute approximate surface area is 165 Å². The predicted molar refractivity (Wildman–Crippen MR) is 109 cm³/mol. The van der Waals surface area contributed by atoms with Gasteiger partial charge in [-0.25, -0.2) is 4.79 Å². The third kappa shape index (κ3) is 4.11. The van der Waals surface area contributed by atoms with Crippen LogP contribution in [-0.2, 0) is 14.3 Å². The minimum atomic E-state index is -0.718. The van der Waals surface area contributed by atoms with Crippen molar-refractivity contribution >= 4 is 23.3 Å². The van der Waals surface area contributed by atoms with Gasteiger partial charge in [0.25, 0.3) is 5.91 Å². The van der Waals surface area contributed by atoms with Crippen LogP contribution in [0.4, 0.5) is 11.4 Å². The molecule has 0 atom stereocenters. The number of benzene rings is 2. The maximum atomic E-state index is 12.8. The van der Waals surface area contributed by atoms with Crippen molar-refractivity contribution < 1.29 is 19.1 Å². The molecule has 1 N–H and O–H groups in total. The highest BCUT2D eigenvalue weighted by Crippen LogP contribution is 2.34. The number of fused-ring (bicyclic) bond motifs is 1. The van der Waals surface area contributed by atoms with Crippen LogP contribution in [0.15, 0.2) is 42.5 Å². The van der Waals surface area contributed by atoms with Gasteiger partial charge in [-0.3, -0.25) is 4.79 Å². The number of hydrogen-bond acceptors (Lipinski definition) is 5. The zero-order valence-corrected chi connectivity index (χ0v) is 16.7. The van der Waals surface area contributed by atoms with Crippen LogP contribution in [0.2, 0.25) is 0 Å². The molecule has 1 heterocycles. The maximum absolute atomic E-state index is 12.8. The number of nitrogens with one attached hydrogen (secondary N) is 1. The number of amides is 1. The summed E-state index contributed by atoms with van der Waals surface area (Å²) >= 11 is 0. The highest BCUT2D eigenvalue weighted by molar-refractivity contribution is 6.07. The molecule has 1 aliphatic heterocycles. The largest absolute Gasteiger partial charge is 0.482 e. The van der Waals surface area contributed by atoms with Gasteiger partial charge in [-0.05, 0) is 57.0 Å². The number of esters is 1. The molecule has 0 radical (unpaired) electrons. The second-order valence-corrected chi connectivity index (χ2v) is 7.43. The van der Waals surface area contributed by atoms with Crippen LogP contribution in [-0.4, -0.2) is 37.2 Å².